The summed E-state index contributed by atoms with van der Waals surface area (Å²) in [4.78, 5) is 24.4. The minimum Gasteiger partial charge on any atom is -0.361 e. The number of rotatable bonds is 6. The van der Waals surface area contributed by atoms with E-state index in [1.807, 2.05) is 0 Å². The largest absolute Gasteiger partial charge is 0.361 e. The van der Waals surface area contributed by atoms with E-state index in [-0.39, 0.29) is 30.2 Å². The molecular weight excluding hydrogens is 311 g/mol. The second-order valence-corrected chi connectivity index (χ2v) is 7.98. The van der Waals surface area contributed by atoms with Crippen molar-refractivity contribution in [2.45, 2.75) is 96.8 Å². The molecule has 4 nitrogen and oxygen atoms in total. The van der Waals surface area contributed by atoms with Crippen LogP contribution in [0.25, 0.3) is 0 Å². The number of amides is 2. The fourth-order valence-corrected chi connectivity index (χ4v) is 3.56. The van der Waals surface area contributed by atoms with E-state index in [2.05, 4.69) is 24.5 Å². The summed E-state index contributed by atoms with van der Waals surface area (Å²) in [7, 11) is 5.88. The van der Waals surface area contributed by atoms with Crippen LogP contribution < -0.4 is 10.6 Å². The minimum absolute atomic E-state index is 0.0289. The van der Waals surface area contributed by atoms with Crippen molar-refractivity contribution in [1.29, 1.82) is 0 Å². The highest BCUT2D eigenvalue weighted by atomic mass is 16.2. The molecule has 0 aromatic heterocycles. The Morgan fingerprint density at radius 1 is 0.920 bits per heavy atom. The van der Waals surface area contributed by atoms with Gasteiger partial charge in [0.25, 0.3) is 0 Å². The van der Waals surface area contributed by atoms with Crippen LogP contribution in [0.15, 0.2) is 0 Å². The van der Waals surface area contributed by atoms with Crippen LogP contribution in [0.5, 0.6) is 0 Å². The maximum atomic E-state index is 12.5. The summed E-state index contributed by atoms with van der Waals surface area (Å²) in [6.45, 7) is 4.16. The summed E-state index contributed by atoms with van der Waals surface area (Å²) in [6, 6.07) is 0. The van der Waals surface area contributed by atoms with E-state index in [9.17, 15) is 9.59 Å². The van der Waals surface area contributed by atoms with Gasteiger partial charge in [-0.2, -0.15) is 0 Å². The molecule has 142 valence electrons. The predicted molar refractivity (Wildman–Crippen MR) is 104 cm³/mol. The first-order chi connectivity index (χ1) is 12.0. The first-order valence-corrected chi connectivity index (χ1v) is 10.3. The van der Waals surface area contributed by atoms with Crippen LogP contribution in [0, 0.1) is 11.8 Å². The van der Waals surface area contributed by atoms with Crippen molar-refractivity contribution in [3.63, 3.8) is 0 Å². The van der Waals surface area contributed by atoms with Crippen molar-refractivity contribution < 1.29 is 9.59 Å². The monoisotopic (exact) mass is 348 g/mol. The smallest absolute Gasteiger partial charge is 0.238 e. The van der Waals surface area contributed by atoms with E-state index < -0.39 is 0 Å². The molecule has 0 aliphatic heterocycles. The summed E-state index contributed by atoms with van der Waals surface area (Å²) in [6.07, 6.45) is 13.9. The molecule has 0 spiro atoms. The molecule has 0 aromatic rings. The molecule has 1 aliphatic carbocycles. The van der Waals surface area contributed by atoms with Crippen molar-refractivity contribution in [2.24, 2.45) is 11.8 Å². The van der Waals surface area contributed by atoms with Crippen molar-refractivity contribution in [1.82, 2.24) is 10.6 Å². The number of carbonyl (C=O) groups is 2. The average molecular weight is 348 g/mol. The molecule has 1 atom stereocenters. The second-order valence-electron chi connectivity index (χ2n) is 7.98. The number of hydrogen-bond acceptors (Lipinski definition) is 2. The van der Waals surface area contributed by atoms with Gasteiger partial charge in [-0.15, -0.1) is 0 Å². The predicted octanol–water partition coefficient (Wildman–Crippen LogP) is 3.68. The SMILES string of the molecule is [B][C@H](CC(C)C)NC(=O)CNC(=O)C1CCCCCCCCCCC1. The zero-order chi connectivity index (χ0) is 18.5. The highest BCUT2D eigenvalue weighted by Crippen LogP contribution is 2.21. The van der Waals surface area contributed by atoms with E-state index >= 15 is 0 Å². The lowest BCUT2D eigenvalue weighted by Crippen LogP contribution is -2.44. The van der Waals surface area contributed by atoms with Gasteiger partial charge in [0.15, 0.2) is 0 Å². The van der Waals surface area contributed by atoms with Crippen LogP contribution in [0.2, 0.25) is 0 Å². The zero-order valence-electron chi connectivity index (χ0n) is 16.3. The van der Waals surface area contributed by atoms with Gasteiger partial charge in [-0.25, -0.2) is 0 Å². The lowest BCUT2D eigenvalue weighted by atomic mass is 9.88. The summed E-state index contributed by atoms with van der Waals surface area (Å²) >= 11 is 0. The van der Waals surface area contributed by atoms with Crippen LogP contribution in [0.4, 0.5) is 0 Å². The highest BCUT2D eigenvalue weighted by molar-refractivity contribution is 6.13. The van der Waals surface area contributed by atoms with Gasteiger partial charge in [-0.1, -0.05) is 71.6 Å². The van der Waals surface area contributed by atoms with Crippen LogP contribution >= 0.6 is 0 Å². The van der Waals surface area contributed by atoms with Crippen LogP contribution in [-0.4, -0.2) is 32.1 Å². The Labute approximate surface area is 155 Å². The molecule has 5 heteroatoms. The van der Waals surface area contributed by atoms with Crippen LogP contribution in [0.3, 0.4) is 0 Å². The average Bonchev–Trinajstić information content (AvgIpc) is 2.52. The molecule has 0 saturated heterocycles. The first-order valence-electron chi connectivity index (χ1n) is 10.3. The van der Waals surface area contributed by atoms with E-state index in [1.54, 1.807) is 0 Å². The van der Waals surface area contributed by atoms with Gasteiger partial charge in [0.2, 0.25) is 11.8 Å². The Hall–Kier alpha value is -0.995. The molecule has 1 fully saturated rings. The van der Waals surface area contributed by atoms with Crippen molar-refractivity contribution in [3.05, 3.63) is 0 Å². The maximum Gasteiger partial charge on any atom is 0.238 e. The minimum atomic E-state index is -0.342. The molecular formula is C20H37BN2O2. The number of hydrogen-bond donors (Lipinski definition) is 2. The van der Waals surface area contributed by atoms with Gasteiger partial charge in [0, 0.05) is 5.92 Å². The van der Waals surface area contributed by atoms with Gasteiger partial charge >= 0.3 is 0 Å². The van der Waals surface area contributed by atoms with E-state index in [4.69, 9.17) is 7.85 Å². The molecule has 2 radical (unpaired) electrons. The summed E-state index contributed by atoms with van der Waals surface area (Å²) in [5, 5.41) is 5.57. The Morgan fingerprint density at radius 2 is 1.40 bits per heavy atom. The Balaban J connectivity index is 2.34. The third-order valence-electron chi connectivity index (χ3n) is 4.97. The van der Waals surface area contributed by atoms with Gasteiger partial charge in [-0.3, -0.25) is 9.59 Å². The highest BCUT2D eigenvalue weighted by Gasteiger charge is 2.19. The molecule has 25 heavy (non-hydrogen) atoms. The van der Waals surface area contributed by atoms with Crippen LogP contribution in [0.1, 0.15) is 90.9 Å². The van der Waals surface area contributed by atoms with E-state index in [0.717, 1.165) is 32.1 Å². The van der Waals surface area contributed by atoms with Gasteiger partial charge in [0.05, 0.1) is 14.4 Å². The van der Waals surface area contributed by atoms with Crippen molar-refractivity contribution in [2.75, 3.05) is 6.54 Å². The Bertz CT molecular complexity index is 376. The molecule has 0 aromatic carbocycles. The molecule has 2 N–H and O–H groups in total. The standard InChI is InChI=1S/C20H37BN2O2/c1-16(2)14-18(21)23-19(24)15-22-20(25)17-12-10-8-6-4-3-5-7-9-11-13-17/h16-18H,3-15H2,1-2H3,(H,22,25)(H,23,24)/t18-/m0/s1. The van der Waals surface area contributed by atoms with Crippen molar-refractivity contribution >= 4 is 19.7 Å². The lowest BCUT2D eigenvalue weighted by molar-refractivity contribution is -0.129. The number of carbonyl (C=O) groups excluding carboxylic acids is 2. The third-order valence-corrected chi connectivity index (χ3v) is 4.97. The molecule has 1 aliphatic rings. The first kappa shape index (κ1) is 22.0. The van der Waals surface area contributed by atoms with Crippen molar-refractivity contribution in [3.8, 4) is 0 Å². The van der Waals surface area contributed by atoms with Crippen LogP contribution in [-0.2, 0) is 9.59 Å². The maximum absolute atomic E-state index is 12.5. The topological polar surface area (TPSA) is 58.2 Å². The molecule has 1 saturated carbocycles. The summed E-state index contributed by atoms with van der Waals surface area (Å²) < 4.78 is 0. The molecule has 0 unspecified atom stereocenters. The fraction of sp³-hybridized carbons (Fsp3) is 0.900. The fourth-order valence-electron chi connectivity index (χ4n) is 3.56. The quantitative estimate of drug-likeness (QED) is 0.720. The number of nitrogens with one attached hydrogen (secondary N) is 2. The summed E-state index contributed by atoms with van der Waals surface area (Å²) in [5.74, 6) is -0.0253. The molecule has 0 bridgehead atoms. The van der Waals surface area contributed by atoms with Gasteiger partial charge < -0.3 is 10.6 Å². The molecule has 2 amide bonds. The zero-order valence-corrected chi connectivity index (χ0v) is 16.3. The van der Waals surface area contributed by atoms with Gasteiger partial charge in [0.1, 0.15) is 0 Å². The Kier molecular flexibility index (Phi) is 11.7. The summed E-state index contributed by atoms with van der Waals surface area (Å²) in [5.41, 5.74) is 0. The molecule has 0 heterocycles. The van der Waals surface area contributed by atoms with E-state index in [0.29, 0.717) is 5.92 Å². The third kappa shape index (κ3) is 11.3. The normalized spacial score (nSPS) is 19.5. The Morgan fingerprint density at radius 3 is 1.88 bits per heavy atom. The van der Waals surface area contributed by atoms with Gasteiger partial charge in [-0.05, 0) is 31.1 Å². The van der Waals surface area contributed by atoms with E-state index in [1.165, 1.54) is 44.9 Å². The second kappa shape index (κ2) is 13.2. The lowest BCUT2D eigenvalue weighted by Gasteiger charge is -2.19. The molecule has 1 rings (SSSR count).